The predicted octanol–water partition coefficient (Wildman–Crippen LogP) is 4.03. The maximum Gasteiger partial charge on any atom is -0.00665 e. The van der Waals surface area contributed by atoms with Crippen molar-refractivity contribution in [1.82, 2.24) is 0 Å². The van der Waals surface area contributed by atoms with Gasteiger partial charge in [0.05, 0.1) is 0 Å². The largest absolute Gasteiger partial charge is 0.0992 e. The molecule has 0 radical (unpaired) electrons. The Morgan fingerprint density at radius 3 is 1.44 bits per heavy atom. The van der Waals surface area contributed by atoms with Crippen LogP contribution in [0.4, 0.5) is 0 Å². The van der Waals surface area contributed by atoms with Crippen LogP contribution in [0.25, 0.3) is 0 Å². The molecule has 0 N–H and O–H groups in total. The molecule has 0 aliphatic heterocycles. The standard InChI is InChI=1S/C16H16/c1-14(12-15-8-4-2-5-9-15)13-16-10-6-3-7-11-16/h2-11H,1,12-13H2. The molecule has 0 aliphatic carbocycles. The summed E-state index contributed by atoms with van der Waals surface area (Å²) in [6, 6.07) is 21.0. The highest BCUT2D eigenvalue weighted by molar-refractivity contribution is 5.25. The van der Waals surface area contributed by atoms with Crippen LogP contribution < -0.4 is 0 Å². The van der Waals surface area contributed by atoms with Crippen LogP contribution in [-0.4, -0.2) is 0 Å². The molecule has 2 aromatic carbocycles. The number of rotatable bonds is 4. The van der Waals surface area contributed by atoms with Crippen LogP contribution in [0, 0.1) is 0 Å². The molecule has 16 heavy (non-hydrogen) atoms. The van der Waals surface area contributed by atoms with Gasteiger partial charge in [0.1, 0.15) is 0 Å². The van der Waals surface area contributed by atoms with Crippen molar-refractivity contribution in [2.75, 3.05) is 0 Å². The summed E-state index contributed by atoms with van der Waals surface area (Å²) in [4.78, 5) is 0. The van der Waals surface area contributed by atoms with Crippen molar-refractivity contribution in [3.8, 4) is 0 Å². The van der Waals surface area contributed by atoms with E-state index in [9.17, 15) is 0 Å². The van der Waals surface area contributed by atoms with E-state index in [0.717, 1.165) is 12.8 Å². The highest BCUT2D eigenvalue weighted by Gasteiger charge is 1.98. The highest BCUT2D eigenvalue weighted by Crippen LogP contribution is 2.11. The Morgan fingerprint density at radius 2 is 1.06 bits per heavy atom. The Hall–Kier alpha value is -1.82. The summed E-state index contributed by atoms with van der Waals surface area (Å²) in [6.07, 6.45) is 1.94. The average Bonchev–Trinajstić information content (AvgIpc) is 2.31. The predicted molar refractivity (Wildman–Crippen MR) is 69.4 cm³/mol. The summed E-state index contributed by atoms with van der Waals surface area (Å²) in [7, 11) is 0. The summed E-state index contributed by atoms with van der Waals surface area (Å²) in [5, 5.41) is 0. The fourth-order valence-corrected chi connectivity index (χ4v) is 1.83. The lowest BCUT2D eigenvalue weighted by Crippen LogP contribution is -1.93. The number of hydrogen-bond acceptors (Lipinski definition) is 0. The van der Waals surface area contributed by atoms with Gasteiger partial charge in [0.25, 0.3) is 0 Å². The first-order chi connectivity index (χ1) is 7.84. The van der Waals surface area contributed by atoms with Gasteiger partial charge in [0.15, 0.2) is 0 Å². The van der Waals surface area contributed by atoms with E-state index in [-0.39, 0.29) is 0 Å². The zero-order chi connectivity index (χ0) is 11.2. The van der Waals surface area contributed by atoms with E-state index in [1.807, 2.05) is 12.1 Å². The molecule has 0 aromatic heterocycles. The molecule has 0 saturated carbocycles. The topological polar surface area (TPSA) is 0 Å². The van der Waals surface area contributed by atoms with E-state index in [1.54, 1.807) is 0 Å². The minimum absolute atomic E-state index is 0.968. The maximum absolute atomic E-state index is 4.15. The van der Waals surface area contributed by atoms with Gasteiger partial charge in [-0.25, -0.2) is 0 Å². The van der Waals surface area contributed by atoms with Crippen molar-refractivity contribution in [3.63, 3.8) is 0 Å². The van der Waals surface area contributed by atoms with Gasteiger partial charge in [-0.05, 0) is 24.0 Å². The summed E-state index contributed by atoms with van der Waals surface area (Å²) in [5.41, 5.74) is 3.93. The molecule has 0 amide bonds. The van der Waals surface area contributed by atoms with Crippen LogP contribution in [0.15, 0.2) is 72.8 Å². The fraction of sp³-hybridized carbons (Fsp3) is 0.125. The van der Waals surface area contributed by atoms with E-state index in [4.69, 9.17) is 0 Å². The molecule has 0 spiro atoms. The molecule has 0 atom stereocenters. The molecule has 0 aliphatic rings. The first-order valence-electron chi connectivity index (χ1n) is 5.59. The van der Waals surface area contributed by atoms with Crippen LogP contribution >= 0.6 is 0 Å². The second kappa shape index (κ2) is 5.32. The molecule has 0 heterocycles. The van der Waals surface area contributed by atoms with E-state index in [0.29, 0.717) is 0 Å². The molecule has 80 valence electrons. The van der Waals surface area contributed by atoms with Crippen molar-refractivity contribution in [1.29, 1.82) is 0 Å². The molecule has 2 aromatic rings. The second-order valence-electron chi connectivity index (χ2n) is 4.07. The van der Waals surface area contributed by atoms with Crippen LogP contribution in [0.1, 0.15) is 11.1 Å². The molecule has 0 heteroatoms. The third-order valence-corrected chi connectivity index (χ3v) is 2.59. The average molecular weight is 208 g/mol. The Morgan fingerprint density at radius 1 is 0.688 bits per heavy atom. The van der Waals surface area contributed by atoms with E-state index in [2.05, 4.69) is 55.1 Å². The van der Waals surface area contributed by atoms with Gasteiger partial charge in [0, 0.05) is 0 Å². The third-order valence-electron chi connectivity index (χ3n) is 2.59. The summed E-state index contributed by atoms with van der Waals surface area (Å²) in [5.74, 6) is 0. The van der Waals surface area contributed by atoms with Gasteiger partial charge in [-0.1, -0.05) is 72.8 Å². The highest BCUT2D eigenvalue weighted by atomic mass is 14.0. The molecule has 2 rings (SSSR count). The summed E-state index contributed by atoms with van der Waals surface area (Å²) in [6.45, 7) is 4.15. The first kappa shape index (κ1) is 10.7. The lowest BCUT2D eigenvalue weighted by molar-refractivity contribution is 1.04. The summed E-state index contributed by atoms with van der Waals surface area (Å²) >= 11 is 0. The van der Waals surface area contributed by atoms with E-state index in [1.165, 1.54) is 16.7 Å². The van der Waals surface area contributed by atoms with Gasteiger partial charge < -0.3 is 0 Å². The van der Waals surface area contributed by atoms with Crippen LogP contribution in [0.5, 0.6) is 0 Å². The second-order valence-corrected chi connectivity index (χ2v) is 4.07. The zero-order valence-electron chi connectivity index (χ0n) is 9.39. The minimum Gasteiger partial charge on any atom is -0.0992 e. The van der Waals surface area contributed by atoms with E-state index >= 15 is 0 Å². The van der Waals surface area contributed by atoms with Crippen LogP contribution in [0.3, 0.4) is 0 Å². The van der Waals surface area contributed by atoms with Crippen molar-refractivity contribution in [2.24, 2.45) is 0 Å². The third kappa shape index (κ3) is 3.09. The molecule has 0 bridgehead atoms. The number of benzene rings is 2. The molecular formula is C16H16. The molecule has 0 unspecified atom stereocenters. The minimum atomic E-state index is 0.968. The number of hydrogen-bond donors (Lipinski definition) is 0. The molecule has 0 nitrogen and oxygen atoms in total. The van der Waals surface area contributed by atoms with Crippen LogP contribution in [-0.2, 0) is 12.8 Å². The SMILES string of the molecule is C=C(Cc1ccccc1)Cc1ccccc1. The van der Waals surface area contributed by atoms with Crippen LogP contribution in [0.2, 0.25) is 0 Å². The molecular weight excluding hydrogens is 192 g/mol. The van der Waals surface area contributed by atoms with Gasteiger partial charge >= 0.3 is 0 Å². The van der Waals surface area contributed by atoms with Crippen molar-refractivity contribution in [3.05, 3.63) is 83.9 Å². The first-order valence-corrected chi connectivity index (χ1v) is 5.59. The molecule has 0 saturated heterocycles. The van der Waals surface area contributed by atoms with Gasteiger partial charge in [-0.15, -0.1) is 0 Å². The molecule has 0 fully saturated rings. The Labute approximate surface area is 97.3 Å². The van der Waals surface area contributed by atoms with Gasteiger partial charge in [-0.2, -0.15) is 0 Å². The maximum atomic E-state index is 4.15. The van der Waals surface area contributed by atoms with Gasteiger partial charge in [-0.3, -0.25) is 0 Å². The van der Waals surface area contributed by atoms with Crippen molar-refractivity contribution < 1.29 is 0 Å². The smallest absolute Gasteiger partial charge is 0.00665 e. The Balaban J connectivity index is 1.95. The number of allylic oxidation sites excluding steroid dienone is 1. The fourth-order valence-electron chi connectivity index (χ4n) is 1.83. The van der Waals surface area contributed by atoms with Crippen molar-refractivity contribution in [2.45, 2.75) is 12.8 Å². The quantitative estimate of drug-likeness (QED) is 0.665. The lowest BCUT2D eigenvalue weighted by atomic mass is 10.00. The van der Waals surface area contributed by atoms with Gasteiger partial charge in [0.2, 0.25) is 0 Å². The zero-order valence-corrected chi connectivity index (χ0v) is 9.39. The van der Waals surface area contributed by atoms with Crippen molar-refractivity contribution >= 4 is 0 Å². The normalized spacial score (nSPS) is 10.0. The summed E-state index contributed by atoms with van der Waals surface area (Å²) < 4.78 is 0. The Bertz CT molecular complexity index is 396. The lowest BCUT2D eigenvalue weighted by Gasteiger charge is -2.05. The Kier molecular flexibility index (Phi) is 3.55. The van der Waals surface area contributed by atoms with E-state index < -0.39 is 0 Å². The monoisotopic (exact) mass is 208 g/mol.